The molecule has 30 heavy (non-hydrogen) atoms. The number of aromatic amines is 1. The predicted octanol–water partition coefficient (Wildman–Crippen LogP) is 2.60. The molecule has 0 saturated heterocycles. The summed E-state index contributed by atoms with van der Waals surface area (Å²) in [4.78, 5) is 40.0. The third-order valence-corrected chi connectivity index (χ3v) is 5.26. The van der Waals surface area contributed by atoms with E-state index in [9.17, 15) is 19.5 Å². The lowest BCUT2D eigenvalue weighted by Crippen LogP contribution is -2.44. The van der Waals surface area contributed by atoms with E-state index in [2.05, 4.69) is 10.3 Å². The van der Waals surface area contributed by atoms with E-state index in [0.29, 0.717) is 5.52 Å². The molecule has 1 amide bonds. The lowest BCUT2D eigenvalue weighted by molar-refractivity contribution is -0.141. The van der Waals surface area contributed by atoms with Crippen molar-refractivity contribution in [2.24, 2.45) is 0 Å². The summed E-state index contributed by atoms with van der Waals surface area (Å²) in [6.07, 6.45) is 1.89. The molecular formula is C23H21N3O4. The molecule has 152 valence electrons. The third-order valence-electron chi connectivity index (χ3n) is 5.26. The zero-order chi connectivity index (χ0) is 21.3. The van der Waals surface area contributed by atoms with Gasteiger partial charge >= 0.3 is 5.97 Å². The molecule has 0 aliphatic rings. The maximum atomic E-state index is 12.7. The maximum Gasteiger partial charge on any atom is 0.326 e. The lowest BCUT2D eigenvalue weighted by atomic mass is 10.0. The third kappa shape index (κ3) is 3.69. The molecule has 0 aliphatic carbocycles. The fraction of sp³-hybridized carbons (Fsp3) is 0.174. The van der Waals surface area contributed by atoms with Gasteiger partial charge in [0.15, 0.2) is 0 Å². The lowest BCUT2D eigenvalue weighted by Gasteiger charge is -2.16. The molecule has 2 aromatic heterocycles. The van der Waals surface area contributed by atoms with Gasteiger partial charge in [0.1, 0.15) is 12.6 Å². The van der Waals surface area contributed by atoms with E-state index in [1.807, 2.05) is 43.3 Å². The monoisotopic (exact) mass is 403 g/mol. The second-order valence-corrected chi connectivity index (χ2v) is 7.29. The molecule has 0 radical (unpaired) electrons. The van der Waals surface area contributed by atoms with E-state index in [0.717, 1.165) is 27.4 Å². The fourth-order valence-electron chi connectivity index (χ4n) is 3.77. The van der Waals surface area contributed by atoms with Crippen LogP contribution in [0.5, 0.6) is 0 Å². The number of carboxylic acids is 1. The van der Waals surface area contributed by atoms with E-state index in [1.54, 1.807) is 18.3 Å². The van der Waals surface area contributed by atoms with Crippen molar-refractivity contribution in [2.75, 3.05) is 0 Å². The molecule has 2 aromatic carbocycles. The number of aryl methyl sites for hydroxylation is 1. The second-order valence-electron chi connectivity index (χ2n) is 7.29. The first-order valence-corrected chi connectivity index (χ1v) is 9.60. The molecule has 0 aliphatic heterocycles. The summed E-state index contributed by atoms with van der Waals surface area (Å²) in [5, 5.41) is 14.0. The Labute approximate surface area is 172 Å². The number of amides is 1. The first kappa shape index (κ1) is 19.4. The molecule has 4 aromatic rings. The molecule has 4 rings (SSSR count). The predicted molar refractivity (Wildman–Crippen MR) is 115 cm³/mol. The van der Waals surface area contributed by atoms with Crippen LogP contribution >= 0.6 is 0 Å². The number of hydrogen-bond acceptors (Lipinski definition) is 3. The number of benzene rings is 2. The summed E-state index contributed by atoms with van der Waals surface area (Å²) in [7, 11) is 0. The molecule has 7 heteroatoms. The summed E-state index contributed by atoms with van der Waals surface area (Å²) in [6.45, 7) is 1.59. The minimum Gasteiger partial charge on any atom is -0.480 e. The highest BCUT2D eigenvalue weighted by atomic mass is 16.4. The van der Waals surface area contributed by atoms with Crippen molar-refractivity contribution in [1.82, 2.24) is 14.9 Å². The minimum atomic E-state index is -1.13. The van der Waals surface area contributed by atoms with Crippen LogP contribution in [0.15, 0.2) is 65.6 Å². The van der Waals surface area contributed by atoms with Crippen molar-refractivity contribution in [2.45, 2.75) is 25.9 Å². The first-order valence-electron chi connectivity index (χ1n) is 9.60. The van der Waals surface area contributed by atoms with Crippen molar-refractivity contribution in [3.05, 3.63) is 82.3 Å². The normalized spacial score (nSPS) is 12.2. The van der Waals surface area contributed by atoms with Crippen LogP contribution in [-0.2, 0) is 22.6 Å². The number of hydrogen-bond donors (Lipinski definition) is 3. The molecule has 0 unspecified atom stereocenters. The number of pyridine rings is 1. The van der Waals surface area contributed by atoms with E-state index < -0.39 is 17.9 Å². The van der Waals surface area contributed by atoms with Crippen LogP contribution in [-0.4, -0.2) is 32.6 Å². The van der Waals surface area contributed by atoms with Gasteiger partial charge in [0.05, 0.1) is 5.52 Å². The number of H-pyrrole nitrogens is 1. The van der Waals surface area contributed by atoms with Crippen LogP contribution in [0.1, 0.15) is 11.1 Å². The number of nitrogens with one attached hydrogen (secondary N) is 2. The Kier molecular flexibility index (Phi) is 5.10. The van der Waals surface area contributed by atoms with Crippen molar-refractivity contribution in [3.8, 4) is 0 Å². The first-order chi connectivity index (χ1) is 14.4. The van der Waals surface area contributed by atoms with Gasteiger partial charge < -0.3 is 15.4 Å². The maximum absolute atomic E-state index is 12.7. The van der Waals surface area contributed by atoms with Gasteiger partial charge in [-0.1, -0.05) is 36.4 Å². The van der Waals surface area contributed by atoms with Crippen LogP contribution in [0.2, 0.25) is 0 Å². The van der Waals surface area contributed by atoms with Crippen molar-refractivity contribution in [3.63, 3.8) is 0 Å². The summed E-state index contributed by atoms with van der Waals surface area (Å²) in [5.74, 6) is -1.66. The van der Waals surface area contributed by atoms with Crippen LogP contribution in [0.3, 0.4) is 0 Å². The average molecular weight is 403 g/mol. The number of rotatable bonds is 6. The Balaban J connectivity index is 1.57. The van der Waals surface area contributed by atoms with Gasteiger partial charge in [-0.3, -0.25) is 14.2 Å². The molecular weight excluding hydrogens is 382 g/mol. The highest BCUT2D eigenvalue weighted by Crippen LogP contribution is 2.19. The Hall–Kier alpha value is -3.87. The quantitative estimate of drug-likeness (QED) is 0.460. The zero-order valence-corrected chi connectivity index (χ0v) is 16.4. The van der Waals surface area contributed by atoms with Gasteiger partial charge in [-0.2, -0.15) is 0 Å². The minimum absolute atomic E-state index is 0.134. The Morgan fingerprint density at radius 3 is 2.57 bits per heavy atom. The van der Waals surface area contributed by atoms with E-state index in [-0.39, 0.29) is 18.5 Å². The number of aromatic nitrogens is 2. The highest BCUT2D eigenvalue weighted by molar-refractivity contribution is 5.88. The van der Waals surface area contributed by atoms with Gasteiger partial charge in [-0.15, -0.1) is 0 Å². The Morgan fingerprint density at radius 1 is 1.10 bits per heavy atom. The second kappa shape index (κ2) is 7.87. The van der Waals surface area contributed by atoms with Gasteiger partial charge in [-0.25, -0.2) is 4.79 Å². The number of aliphatic carboxylic acids is 1. The number of carbonyl (C=O) groups is 2. The Bertz CT molecular complexity index is 1320. The Morgan fingerprint density at radius 2 is 1.80 bits per heavy atom. The molecule has 7 nitrogen and oxygen atoms in total. The number of carboxylic acid groups (broad SMARTS) is 1. The molecule has 2 heterocycles. The van der Waals surface area contributed by atoms with Crippen LogP contribution in [0, 0.1) is 6.92 Å². The summed E-state index contributed by atoms with van der Waals surface area (Å²) in [5.41, 5.74) is 2.87. The van der Waals surface area contributed by atoms with Crippen LogP contribution < -0.4 is 10.9 Å². The summed E-state index contributed by atoms with van der Waals surface area (Å²) < 4.78 is 1.36. The van der Waals surface area contributed by atoms with E-state index in [1.165, 1.54) is 10.6 Å². The summed E-state index contributed by atoms with van der Waals surface area (Å²) in [6, 6.07) is 15.3. The van der Waals surface area contributed by atoms with Crippen molar-refractivity contribution in [1.29, 1.82) is 0 Å². The fourth-order valence-corrected chi connectivity index (χ4v) is 3.77. The molecule has 0 bridgehead atoms. The number of carbonyl (C=O) groups excluding carboxylic acids is 1. The SMILES string of the molecule is Cc1cc(=O)n(CC(=O)N[C@@H](Cc2c[nH]c3ccccc23)C(=O)O)c2ccccc12. The van der Waals surface area contributed by atoms with E-state index >= 15 is 0 Å². The average Bonchev–Trinajstić information content (AvgIpc) is 3.13. The largest absolute Gasteiger partial charge is 0.480 e. The molecule has 0 spiro atoms. The zero-order valence-electron chi connectivity index (χ0n) is 16.4. The van der Waals surface area contributed by atoms with Gasteiger partial charge in [0, 0.05) is 35.0 Å². The van der Waals surface area contributed by atoms with Crippen molar-refractivity contribution < 1.29 is 14.7 Å². The van der Waals surface area contributed by atoms with Crippen LogP contribution in [0.4, 0.5) is 0 Å². The molecule has 0 saturated carbocycles. The standard InChI is InChI=1S/C23H21N3O4/c1-14-10-22(28)26(20-9-5-3-6-16(14)20)13-21(27)25-19(23(29)30)11-15-12-24-18-8-4-2-7-17(15)18/h2-10,12,19,24H,11,13H2,1H3,(H,25,27)(H,29,30)/t19-/m0/s1. The van der Waals surface area contributed by atoms with Crippen LogP contribution in [0.25, 0.3) is 21.8 Å². The van der Waals surface area contributed by atoms with E-state index in [4.69, 9.17) is 0 Å². The van der Waals surface area contributed by atoms with Gasteiger partial charge in [0.2, 0.25) is 5.91 Å². The molecule has 0 fully saturated rings. The highest BCUT2D eigenvalue weighted by Gasteiger charge is 2.22. The number of fused-ring (bicyclic) bond motifs is 2. The van der Waals surface area contributed by atoms with Gasteiger partial charge in [-0.05, 0) is 30.2 Å². The van der Waals surface area contributed by atoms with Crippen molar-refractivity contribution >= 4 is 33.7 Å². The number of para-hydroxylation sites is 2. The smallest absolute Gasteiger partial charge is 0.326 e. The van der Waals surface area contributed by atoms with Gasteiger partial charge in [0.25, 0.3) is 5.56 Å². The molecule has 3 N–H and O–H groups in total. The summed E-state index contributed by atoms with van der Waals surface area (Å²) >= 11 is 0. The molecule has 1 atom stereocenters. The topological polar surface area (TPSA) is 104 Å². The number of nitrogens with zero attached hydrogens (tertiary/aromatic N) is 1.